The first-order valence-electron chi connectivity index (χ1n) is 6.32. The van der Waals surface area contributed by atoms with Crippen LogP contribution < -0.4 is 5.32 Å². The van der Waals surface area contributed by atoms with E-state index in [1.807, 2.05) is 0 Å². The van der Waals surface area contributed by atoms with E-state index in [0.717, 1.165) is 33.5 Å². The second kappa shape index (κ2) is 8.93. The van der Waals surface area contributed by atoms with E-state index in [4.69, 9.17) is 14.6 Å². The molecule has 0 bridgehead atoms. The molecule has 1 saturated heterocycles. The van der Waals surface area contributed by atoms with Gasteiger partial charge in [0.15, 0.2) is 0 Å². The Kier molecular flexibility index (Phi) is 7.76. The highest BCUT2D eigenvalue weighted by atomic mass is 16.5. The lowest BCUT2D eigenvalue weighted by Gasteiger charge is -2.27. The average Bonchev–Trinajstić information content (AvgIpc) is 2.41. The van der Waals surface area contributed by atoms with Crippen LogP contribution in [0.15, 0.2) is 0 Å². The number of morpholine rings is 1. The van der Waals surface area contributed by atoms with Gasteiger partial charge in [-0.2, -0.15) is 0 Å². The topological polar surface area (TPSA) is 50.7 Å². The van der Waals surface area contributed by atoms with Gasteiger partial charge in [0, 0.05) is 13.7 Å². The van der Waals surface area contributed by atoms with E-state index in [1.165, 1.54) is 32.1 Å². The van der Waals surface area contributed by atoms with Gasteiger partial charge in [0.05, 0.1) is 32.0 Å². The molecule has 4 nitrogen and oxygen atoms in total. The van der Waals surface area contributed by atoms with Crippen LogP contribution in [0.25, 0.3) is 0 Å². The Hall–Kier alpha value is -0.160. The first kappa shape index (κ1) is 13.9. The fourth-order valence-electron chi connectivity index (χ4n) is 2.21. The maximum atomic E-state index is 7.00. The van der Waals surface area contributed by atoms with Gasteiger partial charge in [-0.15, -0.1) is 0 Å². The molecule has 0 spiro atoms. The van der Waals surface area contributed by atoms with Gasteiger partial charge in [-0.3, -0.25) is 0 Å². The molecule has 96 valence electrons. The zero-order valence-electron chi connectivity index (χ0n) is 10.3. The third-order valence-corrected chi connectivity index (χ3v) is 3.08. The van der Waals surface area contributed by atoms with Gasteiger partial charge in [-0.05, 0) is 12.8 Å². The highest BCUT2D eigenvalue weighted by molar-refractivity contribution is 4.71. The molecule has 1 aliphatic heterocycles. The van der Waals surface area contributed by atoms with Crippen molar-refractivity contribution in [1.82, 2.24) is 5.32 Å². The lowest BCUT2D eigenvalue weighted by Crippen LogP contribution is -2.44. The molecule has 1 heterocycles. The zero-order chi connectivity index (χ0) is 11.6. The van der Waals surface area contributed by atoms with Gasteiger partial charge in [-0.1, -0.05) is 19.3 Å². The van der Waals surface area contributed by atoms with Crippen molar-refractivity contribution < 1.29 is 14.6 Å². The third-order valence-electron chi connectivity index (χ3n) is 3.08. The van der Waals surface area contributed by atoms with E-state index in [-0.39, 0.29) is 0 Å². The Morgan fingerprint density at radius 1 is 1.25 bits per heavy atom. The summed E-state index contributed by atoms with van der Waals surface area (Å²) in [5.41, 5.74) is 0. The molecule has 0 aromatic heterocycles. The Labute approximate surface area is 98.3 Å². The summed E-state index contributed by atoms with van der Waals surface area (Å²) in [6, 6.07) is 0.422. The van der Waals surface area contributed by atoms with Crippen LogP contribution in [-0.4, -0.2) is 50.7 Å². The molecule has 0 radical (unpaired) electrons. The molecule has 0 amide bonds. The Morgan fingerprint density at radius 2 is 2.00 bits per heavy atom. The molecule has 1 saturated carbocycles. The molecule has 1 atom stereocenters. The predicted molar refractivity (Wildman–Crippen MR) is 63.6 cm³/mol. The third kappa shape index (κ3) is 5.25. The van der Waals surface area contributed by atoms with Crippen molar-refractivity contribution in [3.8, 4) is 0 Å². The second-order valence-electron chi connectivity index (χ2n) is 4.32. The van der Waals surface area contributed by atoms with E-state index in [9.17, 15) is 0 Å². The molecule has 4 heteroatoms. The van der Waals surface area contributed by atoms with Crippen LogP contribution in [0.2, 0.25) is 0 Å². The number of nitrogens with one attached hydrogen (secondary N) is 1. The number of aliphatic hydroxyl groups is 1. The van der Waals surface area contributed by atoms with Crippen LogP contribution in [0.1, 0.15) is 32.1 Å². The summed E-state index contributed by atoms with van der Waals surface area (Å²) in [5, 5.41) is 10.4. The second-order valence-corrected chi connectivity index (χ2v) is 4.32. The fourth-order valence-corrected chi connectivity index (χ4v) is 2.21. The smallest absolute Gasteiger partial charge is 0.0645 e. The minimum absolute atomic E-state index is 0.422. The largest absolute Gasteiger partial charge is 0.400 e. The highest BCUT2D eigenvalue weighted by Crippen LogP contribution is 2.20. The summed E-state index contributed by atoms with van der Waals surface area (Å²) in [6.07, 6.45) is 7.12. The molecular weight excluding hydrogens is 206 g/mol. The van der Waals surface area contributed by atoms with E-state index in [0.29, 0.717) is 12.1 Å². The van der Waals surface area contributed by atoms with Gasteiger partial charge >= 0.3 is 0 Å². The lowest BCUT2D eigenvalue weighted by atomic mass is 9.98. The van der Waals surface area contributed by atoms with Gasteiger partial charge in [0.2, 0.25) is 0 Å². The van der Waals surface area contributed by atoms with E-state index in [2.05, 4.69) is 5.32 Å². The van der Waals surface area contributed by atoms with Crippen molar-refractivity contribution in [3.63, 3.8) is 0 Å². The summed E-state index contributed by atoms with van der Waals surface area (Å²) >= 11 is 0. The van der Waals surface area contributed by atoms with Crippen molar-refractivity contribution in [1.29, 1.82) is 0 Å². The van der Waals surface area contributed by atoms with Crippen molar-refractivity contribution >= 4 is 0 Å². The Balaban J connectivity index is 0.000000606. The van der Waals surface area contributed by atoms with Gasteiger partial charge < -0.3 is 19.9 Å². The molecule has 2 fully saturated rings. The number of hydrogen-bond donors (Lipinski definition) is 2. The maximum absolute atomic E-state index is 7.00. The quantitative estimate of drug-likeness (QED) is 0.759. The van der Waals surface area contributed by atoms with Crippen LogP contribution in [0, 0.1) is 0 Å². The molecule has 2 aliphatic rings. The van der Waals surface area contributed by atoms with E-state index >= 15 is 0 Å². The average molecular weight is 231 g/mol. The normalized spacial score (nSPS) is 27.0. The van der Waals surface area contributed by atoms with Crippen molar-refractivity contribution in [3.05, 3.63) is 0 Å². The van der Waals surface area contributed by atoms with Crippen LogP contribution >= 0.6 is 0 Å². The Morgan fingerprint density at radius 3 is 2.62 bits per heavy atom. The number of aliphatic hydroxyl groups excluding tert-OH is 1. The molecule has 2 rings (SSSR count). The number of ether oxygens (including phenoxy) is 2. The monoisotopic (exact) mass is 231 g/mol. The fraction of sp³-hybridized carbons (Fsp3) is 1.00. The summed E-state index contributed by atoms with van der Waals surface area (Å²) < 4.78 is 11.3. The van der Waals surface area contributed by atoms with Crippen molar-refractivity contribution in [2.45, 2.75) is 44.2 Å². The van der Waals surface area contributed by atoms with Gasteiger partial charge in [0.25, 0.3) is 0 Å². The number of hydrogen-bond acceptors (Lipinski definition) is 4. The summed E-state index contributed by atoms with van der Waals surface area (Å²) in [4.78, 5) is 0. The summed E-state index contributed by atoms with van der Waals surface area (Å²) in [6.45, 7) is 3.45. The van der Waals surface area contributed by atoms with E-state index in [1.54, 1.807) is 0 Å². The van der Waals surface area contributed by atoms with Crippen LogP contribution in [0.3, 0.4) is 0 Å². The minimum Gasteiger partial charge on any atom is -0.400 e. The van der Waals surface area contributed by atoms with Crippen LogP contribution in [-0.2, 0) is 9.47 Å². The first-order valence-corrected chi connectivity index (χ1v) is 6.32. The molecule has 0 aromatic rings. The standard InChI is InChI=1S/C11H21NO2.CH4O/c1-2-4-11(5-3-1)14-9-10-8-13-7-6-12-10;1-2/h10-12H,1-9H2;2H,1H3. The summed E-state index contributed by atoms with van der Waals surface area (Å²) in [5.74, 6) is 0. The molecule has 1 unspecified atom stereocenters. The highest BCUT2D eigenvalue weighted by Gasteiger charge is 2.17. The first-order chi connectivity index (χ1) is 7.95. The van der Waals surface area contributed by atoms with Crippen molar-refractivity contribution in [2.24, 2.45) is 0 Å². The van der Waals surface area contributed by atoms with Crippen molar-refractivity contribution in [2.75, 3.05) is 33.5 Å². The minimum atomic E-state index is 0.422. The summed E-state index contributed by atoms with van der Waals surface area (Å²) in [7, 11) is 1.00. The van der Waals surface area contributed by atoms with Gasteiger partial charge in [-0.25, -0.2) is 0 Å². The number of rotatable bonds is 3. The molecule has 2 N–H and O–H groups in total. The molecular formula is C12H25NO3. The maximum Gasteiger partial charge on any atom is 0.0645 e. The van der Waals surface area contributed by atoms with E-state index < -0.39 is 0 Å². The Bertz CT molecular complexity index is 136. The van der Waals surface area contributed by atoms with Crippen LogP contribution in [0.5, 0.6) is 0 Å². The van der Waals surface area contributed by atoms with Crippen LogP contribution in [0.4, 0.5) is 0 Å². The lowest BCUT2D eigenvalue weighted by molar-refractivity contribution is -0.0154. The van der Waals surface area contributed by atoms with Gasteiger partial charge in [0.1, 0.15) is 0 Å². The zero-order valence-corrected chi connectivity index (χ0v) is 10.3. The molecule has 16 heavy (non-hydrogen) atoms. The molecule has 0 aromatic carbocycles. The molecule has 1 aliphatic carbocycles. The SMILES string of the molecule is C1CCC(OCC2COCCN2)CC1.CO. The predicted octanol–water partition coefficient (Wildman–Crippen LogP) is 0.933.